The quantitative estimate of drug-likeness (QED) is 0.380. The van der Waals surface area contributed by atoms with Gasteiger partial charge in [-0.25, -0.2) is 0 Å². The highest BCUT2D eigenvalue weighted by molar-refractivity contribution is 5.07. The first-order valence-electron chi connectivity index (χ1n) is 8.85. The summed E-state index contributed by atoms with van der Waals surface area (Å²) in [6.07, 6.45) is 13.8. The van der Waals surface area contributed by atoms with Crippen molar-refractivity contribution in [3.63, 3.8) is 0 Å². The van der Waals surface area contributed by atoms with E-state index in [2.05, 4.69) is 44.2 Å². The van der Waals surface area contributed by atoms with Crippen molar-refractivity contribution >= 4 is 0 Å². The standard InChI is InChI=1S/C19H38N3/c1-18(2)10-7-12-19(3)11-5-4-6-15-22(16-8-13-20)17-9-14-21/h5,10-11H,4,6-9,12-17,20-21H2,1-3H3. The van der Waals surface area contributed by atoms with Crippen molar-refractivity contribution < 1.29 is 0 Å². The second-order valence-corrected chi connectivity index (χ2v) is 6.34. The Morgan fingerprint density at radius 2 is 1.45 bits per heavy atom. The SMILES string of the molecule is CC(C)=CCCC(C)=C[CH]CCCN(CCCN)CCCN. The van der Waals surface area contributed by atoms with Gasteiger partial charge in [-0.1, -0.05) is 23.3 Å². The molecule has 22 heavy (non-hydrogen) atoms. The fraction of sp³-hybridized carbons (Fsp3) is 0.737. The topological polar surface area (TPSA) is 55.3 Å². The van der Waals surface area contributed by atoms with Crippen molar-refractivity contribution in [2.75, 3.05) is 32.7 Å². The van der Waals surface area contributed by atoms with E-state index in [4.69, 9.17) is 11.5 Å². The molecule has 0 rings (SSSR count). The van der Waals surface area contributed by atoms with Crippen LogP contribution in [-0.2, 0) is 0 Å². The van der Waals surface area contributed by atoms with Crippen LogP contribution in [0.4, 0.5) is 0 Å². The van der Waals surface area contributed by atoms with Crippen molar-refractivity contribution in [3.05, 3.63) is 29.7 Å². The largest absolute Gasteiger partial charge is 0.330 e. The number of nitrogens with zero attached hydrogens (tertiary/aromatic N) is 1. The first-order chi connectivity index (χ1) is 10.6. The summed E-state index contributed by atoms with van der Waals surface area (Å²) in [5.74, 6) is 0. The molecular formula is C19H38N3. The normalized spacial score (nSPS) is 12.0. The maximum Gasteiger partial charge on any atom is -0.000671 e. The summed E-state index contributed by atoms with van der Waals surface area (Å²) in [5.41, 5.74) is 14.1. The minimum Gasteiger partial charge on any atom is -0.330 e. The van der Waals surface area contributed by atoms with Gasteiger partial charge in [0.15, 0.2) is 0 Å². The number of unbranched alkanes of at least 4 members (excludes halogenated alkanes) is 2. The van der Waals surface area contributed by atoms with E-state index in [1.807, 2.05) is 0 Å². The predicted molar refractivity (Wildman–Crippen MR) is 99.7 cm³/mol. The zero-order chi connectivity index (χ0) is 16.6. The third-order valence-electron chi connectivity index (χ3n) is 3.70. The van der Waals surface area contributed by atoms with Gasteiger partial charge in [0.05, 0.1) is 0 Å². The molecule has 0 heterocycles. The number of nitrogens with two attached hydrogens (primary N) is 2. The third kappa shape index (κ3) is 14.3. The zero-order valence-corrected chi connectivity index (χ0v) is 15.1. The molecule has 0 saturated carbocycles. The lowest BCUT2D eigenvalue weighted by Gasteiger charge is -2.21. The molecule has 0 aromatic rings. The van der Waals surface area contributed by atoms with E-state index in [0.29, 0.717) is 0 Å². The maximum absolute atomic E-state index is 5.60. The number of hydrogen-bond donors (Lipinski definition) is 2. The van der Waals surface area contributed by atoms with E-state index in [-0.39, 0.29) is 0 Å². The Bertz CT molecular complexity index is 296. The van der Waals surface area contributed by atoms with Crippen molar-refractivity contribution in [1.82, 2.24) is 4.90 Å². The molecule has 0 aromatic carbocycles. The molecule has 129 valence electrons. The summed E-state index contributed by atoms with van der Waals surface area (Å²) in [5, 5.41) is 0. The first-order valence-corrected chi connectivity index (χ1v) is 8.85. The van der Waals surface area contributed by atoms with Gasteiger partial charge in [-0.2, -0.15) is 0 Å². The Hall–Kier alpha value is -0.640. The molecular weight excluding hydrogens is 270 g/mol. The van der Waals surface area contributed by atoms with E-state index in [1.165, 1.54) is 24.0 Å². The van der Waals surface area contributed by atoms with Gasteiger partial charge in [-0.15, -0.1) is 0 Å². The molecule has 0 spiro atoms. The molecule has 0 aliphatic heterocycles. The van der Waals surface area contributed by atoms with Crippen LogP contribution in [0.1, 0.15) is 59.3 Å². The molecule has 0 amide bonds. The molecule has 0 aromatic heterocycles. The first kappa shape index (κ1) is 21.4. The fourth-order valence-corrected chi connectivity index (χ4v) is 2.35. The molecule has 0 aliphatic rings. The molecule has 0 bridgehead atoms. The highest BCUT2D eigenvalue weighted by Gasteiger charge is 2.03. The smallest absolute Gasteiger partial charge is 0.000671 e. The van der Waals surface area contributed by atoms with Crippen LogP contribution >= 0.6 is 0 Å². The highest BCUT2D eigenvalue weighted by Crippen LogP contribution is 2.09. The van der Waals surface area contributed by atoms with Crippen LogP contribution in [0.5, 0.6) is 0 Å². The van der Waals surface area contributed by atoms with Crippen LogP contribution in [0.3, 0.4) is 0 Å². The molecule has 0 unspecified atom stereocenters. The van der Waals surface area contributed by atoms with Crippen LogP contribution < -0.4 is 11.5 Å². The minimum absolute atomic E-state index is 0.777. The van der Waals surface area contributed by atoms with Gasteiger partial charge in [0.25, 0.3) is 0 Å². The number of hydrogen-bond acceptors (Lipinski definition) is 3. The lowest BCUT2D eigenvalue weighted by Crippen LogP contribution is -2.29. The molecule has 0 saturated heterocycles. The highest BCUT2D eigenvalue weighted by atomic mass is 15.1. The van der Waals surface area contributed by atoms with Crippen molar-refractivity contribution in [3.8, 4) is 0 Å². The summed E-state index contributed by atoms with van der Waals surface area (Å²) in [7, 11) is 0. The van der Waals surface area contributed by atoms with E-state index in [9.17, 15) is 0 Å². The zero-order valence-electron chi connectivity index (χ0n) is 15.1. The molecule has 0 atom stereocenters. The molecule has 3 nitrogen and oxygen atoms in total. The van der Waals surface area contributed by atoms with Gasteiger partial charge in [0, 0.05) is 0 Å². The fourth-order valence-electron chi connectivity index (χ4n) is 2.35. The molecule has 0 aliphatic carbocycles. The van der Waals surface area contributed by atoms with Crippen LogP contribution in [0, 0.1) is 6.42 Å². The Labute approximate surface area is 138 Å². The van der Waals surface area contributed by atoms with Crippen molar-refractivity contribution in [2.45, 2.75) is 59.3 Å². The summed E-state index contributed by atoms with van der Waals surface area (Å²) >= 11 is 0. The van der Waals surface area contributed by atoms with E-state index in [1.54, 1.807) is 0 Å². The minimum atomic E-state index is 0.777. The van der Waals surface area contributed by atoms with E-state index >= 15 is 0 Å². The second kappa shape index (κ2) is 15.3. The predicted octanol–water partition coefficient (Wildman–Crippen LogP) is 3.66. The second-order valence-electron chi connectivity index (χ2n) is 6.34. The molecule has 0 fully saturated rings. The number of allylic oxidation sites excluding steroid dienone is 4. The third-order valence-corrected chi connectivity index (χ3v) is 3.70. The Morgan fingerprint density at radius 3 is 2.00 bits per heavy atom. The average Bonchev–Trinajstić information content (AvgIpc) is 2.48. The van der Waals surface area contributed by atoms with Crippen LogP contribution in [0.15, 0.2) is 23.3 Å². The molecule has 4 N–H and O–H groups in total. The van der Waals surface area contributed by atoms with Gasteiger partial charge in [0.2, 0.25) is 0 Å². The van der Waals surface area contributed by atoms with Gasteiger partial charge < -0.3 is 16.4 Å². The van der Waals surface area contributed by atoms with E-state index in [0.717, 1.165) is 58.4 Å². The van der Waals surface area contributed by atoms with E-state index < -0.39 is 0 Å². The van der Waals surface area contributed by atoms with Gasteiger partial charge in [0.1, 0.15) is 0 Å². The van der Waals surface area contributed by atoms with Crippen LogP contribution in [0.25, 0.3) is 0 Å². The molecule has 1 radical (unpaired) electrons. The van der Waals surface area contributed by atoms with Gasteiger partial charge >= 0.3 is 0 Å². The summed E-state index contributed by atoms with van der Waals surface area (Å²) in [6, 6.07) is 0. The van der Waals surface area contributed by atoms with Crippen molar-refractivity contribution in [1.29, 1.82) is 0 Å². The Balaban J connectivity index is 3.79. The molecule has 3 heteroatoms. The summed E-state index contributed by atoms with van der Waals surface area (Å²) in [4.78, 5) is 2.50. The van der Waals surface area contributed by atoms with Crippen LogP contribution in [0.2, 0.25) is 0 Å². The lowest BCUT2D eigenvalue weighted by molar-refractivity contribution is 0.267. The van der Waals surface area contributed by atoms with Crippen molar-refractivity contribution in [2.24, 2.45) is 11.5 Å². The monoisotopic (exact) mass is 308 g/mol. The Kier molecular flexibility index (Phi) is 14.8. The van der Waals surface area contributed by atoms with Gasteiger partial charge in [-0.05, 0) is 98.4 Å². The van der Waals surface area contributed by atoms with Gasteiger partial charge in [-0.3, -0.25) is 0 Å². The average molecular weight is 309 g/mol. The summed E-state index contributed by atoms with van der Waals surface area (Å²) < 4.78 is 0. The Morgan fingerprint density at radius 1 is 0.864 bits per heavy atom. The number of rotatable bonds is 14. The maximum atomic E-state index is 5.60. The van der Waals surface area contributed by atoms with Crippen LogP contribution in [-0.4, -0.2) is 37.6 Å². The lowest BCUT2D eigenvalue weighted by atomic mass is 10.1. The summed E-state index contributed by atoms with van der Waals surface area (Å²) in [6.45, 7) is 11.5.